The number of ether oxygens (including phenoxy) is 1. The summed E-state index contributed by atoms with van der Waals surface area (Å²) in [5, 5.41) is 6.93. The fraction of sp³-hybridized carbons (Fsp3) is 1.00. The third-order valence-electron chi connectivity index (χ3n) is 3.76. The van der Waals surface area contributed by atoms with Gasteiger partial charge in [-0.1, -0.05) is 13.3 Å². The molecular formula is C12H24N2O. The fourth-order valence-corrected chi connectivity index (χ4v) is 2.42. The highest BCUT2D eigenvalue weighted by molar-refractivity contribution is 4.85. The lowest BCUT2D eigenvalue weighted by Gasteiger charge is -2.38. The Morgan fingerprint density at radius 3 is 2.93 bits per heavy atom. The maximum absolute atomic E-state index is 5.65. The number of rotatable bonds is 5. The molecule has 3 nitrogen and oxygen atoms in total. The van der Waals surface area contributed by atoms with Crippen molar-refractivity contribution in [3.8, 4) is 0 Å². The van der Waals surface area contributed by atoms with Gasteiger partial charge in [0.2, 0.25) is 0 Å². The molecule has 2 fully saturated rings. The number of nitrogens with one attached hydrogen (secondary N) is 2. The Bertz CT molecular complexity index is 186. The molecule has 1 atom stereocenters. The fourth-order valence-electron chi connectivity index (χ4n) is 2.42. The highest BCUT2D eigenvalue weighted by Gasteiger charge is 2.30. The molecule has 1 aliphatic carbocycles. The van der Waals surface area contributed by atoms with E-state index in [4.69, 9.17) is 4.74 Å². The Labute approximate surface area is 93.0 Å². The largest absolute Gasteiger partial charge is 0.376 e. The lowest BCUT2D eigenvalue weighted by Crippen LogP contribution is -2.42. The highest BCUT2D eigenvalue weighted by atomic mass is 16.5. The first kappa shape index (κ1) is 11.4. The second-order valence-corrected chi connectivity index (χ2v) is 5.33. The first-order valence-corrected chi connectivity index (χ1v) is 6.32. The van der Waals surface area contributed by atoms with Gasteiger partial charge in [0.15, 0.2) is 0 Å². The van der Waals surface area contributed by atoms with Crippen molar-refractivity contribution in [3.05, 3.63) is 0 Å². The maximum atomic E-state index is 5.65. The SMILES string of the molecule is CC1(CNCCC2CNCCO2)CCC1. The van der Waals surface area contributed by atoms with Gasteiger partial charge in [-0.2, -0.15) is 0 Å². The summed E-state index contributed by atoms with van der Waals surface area (Å²) >= 11 is 0. The van der Waals surface area contributed by atoms with Crippen LogP contribution in [0, 0.1) is 5.41 Å². The van der Waals surface area contributed by atoms with E-state index >= 15 is 0 Å². The van der Waals surface area contributed by atoms with Gasteiger partial charge in [0.25, 0.3) is 0 Å². The van der Waals surface area contributed by atoms with E-state index in [1.54, 1.807) is 0 Å². The molecule has 88 valence electrons. The molecule has 2 N–H and O–H groups in total. The van der Waals surface area contributed by atoms with Gasteiger partial charge in [-0.25, -0.2) is 0 Å². The van der Waals surface area contributed by atoms with Crippen molar-refractivity contribution in [2.75, 3.05) is 32.8 Å². The second kappa shape index (κ2) is 5.28. The van der Waals surface area contributed by atoms with Gasteiger partial charge in [0.05, 0.1) is 12.7 Å². The number of morpholine rings is 1. The van der Waals surface area contributed by atoms with Gasteiger partial charge in [-0.3, -0.25) is 0 Å². The van der Waals surface area contributed by atoms with Crippen LogP contribution in [0.3, 0.4) is 0 Å². The van der Waals surface area contributed by atoms with E-state index in [0.717, 1.165) is 32.7 Å². The van der Waals surface area contributed by atoms with E-state index in [-0.39, 0.29) is 0 Å². The molecule has 2 rings (SSSR count). The molecule has 0 aromatic carbocycles. The predicted molar refractivity (Wildman–Crippen MR) is 62.1 cm³/mol. The molecule has 1 aliphatic heterocycles. The van der Waals surface area contributed by atoms with Crippen molar-refractivity contribution in [1.29, 1.82) is 0 Å². The van der Waals surface area contributed by atoms with Crippen molar-refractivity contribution in [1.82, 2.24) is 10.6 Å². The summed E-state index contributed by atoms with van der Waals surface area (Å²) in [5.74, 6) is 0. The van der Waals surface area contributed by atoms with Crippen molar-refractivity contribution in [3.63, 3.8) is 0 Å². The monoisotopic (exact) mass is 212 g/mol. The zero-order valence-corrected chi connectivity index (χ0v) is 9.85. The van der Waals surface area contributed by atoms with Crippen LogP contribution in [0.25, 0.3) is 0 Å². The summed E-state index contributed by atoms with van der Waals surface area (Å²) in [6.45, 7) is 7.60. The van der Waals surface area contributed by atoms with Gasteiger partial charge in [0.1, 0.15) is 0 Å². The predicted octanol–water partition coefficient (Wildman–Crippen LogP) is 1.14. The van der Waals surface area contributed by atoms with Crippen LogP contribution >= 0.6 is 0 Å². The zero-order valence-electron chi connectivity index (χ0n) is 9.85. The average molecular weight is 212 g/mol. The lowest BCUT2D eigenvalue weighted by molar-refractivity contribution is 0.0230. The summed E-state index contributed by atoms with van der Waals surface area (Å²) < 4.78 is 5.65. The van der Waals surface area contributed by atoms with Crippen LogP contribution in [-0.2, 0) is 4.74 Å². The Morgan fingerprint density at radius 2 is 2.33 bits per heavy atom. The standard InChI is InChI=1S/C12H24N2O/c1-12(4-2-5-12)10-14-6-3-11-9-13-7-8-15-11/h11,13-14H,2-10H2,1H3. The molecule has 0 amide bonds. The van der Waals surface area contributed by atoms with E-state index in [2.05, 4.69) is 17.6 Å². The van der Waals surface area contributed by atoms with E-state index in [0.29, 0.717) is 11.5 Å². The van der Waals surface area contributed by atoms with E-state index in [9.17, 15) is 0 Å². The number of hydrogen-bond donors (Lipinski definition) is 2. The lowest BCUT2D eigenvalue weighted by atomic mass is 9.70. The van der Waals surface area contributed by atoms with Crippen molar-refractivity contribution < 1.29 is 4.74 Å². The van der Waals surface area contributed by atoms with Gasteiger partial charge >= 0.3 is 0 Å². The third kappa shape index (κ3) is 3.44. The van der Waals surface area contributed by atoms with Crippen LogP contribution in [0.4, 0.5) is 0 Å². The minimum absolute atomic E-state index is 0.431. The van der Waals surface area contributed by atoms with Crippen LogP contribution in [0.1, 0.15) is 32.6 Å². The molecule has 15 heavy (non-hydrogen) atoms. The normalized spacial score (nSPS) is 29.8. The molecule has 2 aliphatic rings. The van der Waals surface area contributed by atoms with Crippen molar-refractivity contribution >= 4 is 0 Å². The minimum Gasteiger partial charge on any atom is -0.376 e. The summed E-state index contributed by atoms with van der Waals surface area (Å²) in [7, 11) is 0. The molecule has 0 spiro atoms. The molecule has 0 bridgehead atoms. The van der Waals surface area contributed by atoms with E-state index in [1.165, 1.54) is 25.8 Å². The maximum Gasteiger partial charge on any atom is 0.0712 e. The van der Waals surface area contributed by atoms with E-state index in [1.807, 2.05) is 0 Å². The quantitative estimate of drug-likeness (QED) is 0.671. The molecule has 3 heteroatoms. The van der Waals surface area contributed by atoms with Crippen LogP contribution in [0.2, 0.25) is 0 Å². The van der Waals surface area contributed by atoms with Crippen LogP contribution in [0.5, 0.6) is 0 Å². The molecule has 1 saturated heterocycles. The van der Waals surface area contributed by atoms with Crippen molar-refractivity contribution in [2.24, 2.45) is 5.41 Å². The highest BCUT2D eigenvalue weighted by Crippen LogP contribution is 2.39. The Kier molecular flexibility index (Phi) is 4.00. The van der Waals surface area contributed by atoms with Gasteiger partial charge in [0, 0.05) is 19.6 Å². The molecule has 0 aromatic rings. The first-order valence-electron chi connectivity index (χ1n) is 6.32. The smallest absolute Gasteiger partial charge is 0.0712 e. The van der Waals surface area contributed by atoms with Crippen LogP contribution in [0.15, 0.2) is 0 Å². The van der Waals surface area contributed by atoms with Gasteiger partial charge in [-0.15, -0.1) is 0 Å². The molecule has 0 aromatic heterocycles. The molecule has 1 saturated carbocycles. The first-order chi connectivity index (χ1) is 7.29. The summed E-state index contributed by atoms with van der Waals surface area (Å²) in [6, 6.07) is 0. The van der Waals surface area contributed by atoms with Crippen LogP contribution in [-0.4, -0.2) is 38.9 Å². The Hall–Kier alpha value is -0.120. The van der Waals surface area contributed by atoms with Gasteiger partial charge in [-0.05, 0) is 31.2 Å². The summed E-state index contributed by atoms with van der Waals surface area (Å²) in [4.78, 5) is 0. The minimum atomic E-state index is 0.431. The molecular weight excluding hydrogens is 188 g/mol. The summed E-state index contributed by atoms with van der Waals surface area (Å²) in [5.41, 5.74) is 0.603. The molecule has 0 radical (unpaired) electrons. The van der Waals surface area contributed by atoms with E-state index < -0.39 is 0 Å². The zero-order chi connectivity index (χ0) is 10.6. The van der Waals surface area contributed by atoms with Crippen LogP contribution < -0.4 is 10.6 Å². The Morgan fingerprint density at radius 1 is 1.47 bits per heavy atom. The van der Waals surface area contributed by atoms with Crippen molar-refractivity contribution in [2.45, 2.75) is 38.7 Å². The average Bonchev–Trinajstić information content (AvgIpc) is 2.23. The van der Waals surface area contributed by atoms with Gasteiger partial charge < -0.3 is 15.4 Å². The number of hydrogen-bond acceptors (Lipinski definition) is 3. The topological polar surface area (TPSA) is 33.3 Å². The summed E-state index contributed by atoms with van der Waals surface area (Å²) in [6.07, 6.45) is 5.81. The second-order valence-electron chi connectivity index (χ2n) is 5.33. The Balaban J connectivity index is 1.50. The molecule has 1 heterocycles. The third-order valence-corrected chi connectivity index (χ3v) is 3.76. The molecule has 1 unspecified atom stereocenters.